The molecule has 2 aliphatic carbocycles. The van der Waals surface area contributed by atoms with Crippen molar-refractivity contribution in [1.29, 1.82) is 0 Å². The lowest BCUT2D eigenvalue weighted by atomic mass is 9.33. The van der Waals surface area contributed by atoms with Gasteiger partial charge in [-0.2, -0.15) is 0 Å². The van der Waals surface area contributed by atoms with Gasteiger partial charge in [0.25, 0.3) is 6.71 Å². The first-order chi connectivity index (χ1) is 30.8. The van der Waals surface area contributed by atoms with Crippen molar-refractivity contribution in [3.63, 3.8) is 0 Å². The largest absolute Gasteiger partial charge is 0.335 e. The summed E-state index contributed by atoms with van der Waals surface area (Å²) in [5, 5.41) is 0. The molecule has 13 rings (SSSR count). The summed E-state index contributed by atoms with van der Waals surface area (Å²) in [4.78, 5) is 10.7. The lowest BCUT2D eigenvalue weighted by Crippen LogP contribution is -2.66. The van der Waals surface area contributed by atoms with Crippen molar-refractivity contribution in [2.45, 2.75) is 101 Å². The highest BCUT2D eigenvalue weighted by Gasteiger charge is 2.66. The number of rotatable bonds is 6. The molecule has 7 aromatic rings. The molecule has 0 spiro atoms. The highest BCUT2D eigenvalue weighted by atomic mass is 15.3. The zero-order valence-corrected chi connectivity index (χ0v) is 37.1. The van der Waals surface area contributed by atoms with Crippen molar-refractivity contribution in [3.05, 3.63) is 175 Å². The van der Waals surface area contributed by atoms with Crippen molar-refractivity contribution < 1.29 is 0 Å². The lowest BCUT2D eigenvalue weighted by molar-refractivity contribution is 0.190. The van der Waals surface area contributed by atoms with Crippen molar-refractivity contribution in [1.82, 2.24) is 0 Å². The quantitative estimate of drug-likeness (QED) is 0.155. The first-order valence-corrected chi connectivity index (χ1v) is 23.7. The van der Waals surface area contributed by atoms with Gasteiger partial charge in [-0.3, -0.25) is 0 Å². The molecule has 4 atom stereocenters. The Morgan fingerprint density at radius 3 is 1.11 bits per heavy atom. The second-order valence-electron chi connectivity index (χ2n) is 20.3. The number of benzene rings is 7. The number of hydrogen-bond donors (Lipinski definition) is 0. The Bertz CT molecular complexity index is 2680. The zero-order chi connectivity index (χ0) is 42.3. The van der Waals surface area contributed by atoms with E-state index >= 15 is 0 Å². The summed E-state index contributed by atoms with van der Waals surface area (Å²) in [6.07, 6.45) is 9.90. The van der Waals surface area contributed by atoms with Crippen LogP contribution >= 0.6 is 0 Å². The van der Waals surface area contributed by atoms with Crippen LogP contribution in [0.5, 0.6) is 0 Å². The molecule has 0 aromatic heterocycles. The molecular formula is C58H55BN4. The minimum atomic E-state index is -0.0561. The number of para-hydroxylation sites is 4. The Morgan fingerprint density at radius 1 is 0.397 bits per heavy atom. The fraction of sp³-hybridized carbons (Fsp3) is 0.276. The summed E-state index contributed by atoms with van der Waals surface area (Å²) in [6.45, 7) is 10.7. The van der Waals surface area contributed by atoms with Gasteiger partial charge in [0.2, 0.25) is 0 Å². The third-order valence-electron chi connectivity index (χ3n) is 17.5. The van der Waals surface area contributed by atoms with E-state index in [1.807, 2.05) is 0 Å². The molecule has 0 amide bonds. The Kier molecular flexibility index (Phi) is 7.81. The standard InChI is InChI=1S/C58H55BN4/c1-55-33-17-19-35-57(55,3)62-50-37-44(60(40-21-9-5-10-22-40)41-23-11-6-12-24-41)29-31-48(50)59-49-32-30-45(61(42-25-13-7-14-26-42)43-27-15-8-16-28-43)38-51(49)63-54-47(39-46(55)53(62)52(54)59)56(2)34-18-20-36-58(56,63)4/h5-16,21-32,37-39H,17-20,33-36H2,1-4H3. The summed E-state index contributed by atoms with van der Waals surface area (Å²) in [6, 6.07) is 61.6. The zero-order valence-electron chi connectivity index (χ0n) is 37.1. The van der Waals surface area contributed by atoms with E-state index in [0.29, 0.717) is 0 Å². The van der Waals surface area contributed by atoms with Crippen molar-refractivity contribution in [2.24, 2.45) is 0 Å². The first-order valence-electron chi connectivity index (χ1n) is 23.7. The van der Waals surface area contributed by atoms with Crippen LogP contribution in [-0.4, -0.2) is 17.8 Å². The summed E-state index contributed by atoms with van der Waals surface area (Å²) in [5.74, 6) is 0. The number of nitrogens with zero attached hydrogens (tertiary/aromatic N) is 4. The van der Waals surface area contributed by atoms with E-state index in [1.165, 1.54) is 119 Å². The number of hydrogen-bond acceptors (Lipinski definition) is 4. The molecule has 63 heavy (non-hydrogen) atoms. The minimum absolute atomic E-state index is 0.0255. The van der Waals surface area contributed by atoms with E-state index < -0.39 is 0 Å². The van der Waals surface area contributed by atoms with E-state index in [4.69, 9.17) is 0 Å². The molecular weight excluding hydrogens is 763 g/mol. The van der Waals surface area contributed by atoms with Gasteiger partial charge in [-0.05, 0) is 140 Å². The monoisotopic (exact) mass is 818 g/mol. The molecule has 7 aromatic carbocycles. The molecule has 310 valence electrons. The van der Waals surface area contributed by atoms with Crippen LogP contribution in [0, 0.1) is 0 Å². The average Bonchev–Trinajstić information content (AvgIpc) is 3.67. The molecule has 4 heterocycles. The fourth-order valence-corrected chi connectivity index (χ4v) is 14.0. The van der Waals surface area contributed by atoms with Gasteiger partial charge in [-0.25, -0.2) is 0 Å². The van der Waals surface area contributed by atoms with Gasteiger partial charge in [0, 0.05) is 67.7 Å². The Labute approximate surface area is 373 Å². The second kappa shape index (κ2) is 13.2. The molecule has 4 aliphatic heterocycles. The molecule has 2 fully saturated rings. The van der Waals surface area contributed by atoms with Crippen LogP contribution in [0.3, 0.4) is 0 Å². The van der Waals surface area contributed by atoms with Crippen LogP contribution in [0.1, 0.15) is 90.2 Å². The highest BCUT2D eigenvalue weighted by molar-refractivity contribution is 7.00. The van der Waals surface area contributed by atoms with Crippen molar-refractivity contribution >= 4 is 80.0 Å². The van der Waals surface area contributed by atoms with Crippen molar-refractivity contribution in [3.8, 4) is 0 Å². The third-order valence-corrected chi connectivity index (χ3v) is 17.5. The summed E-state index contributed by atoms with van der Waals surface area (Å²) < 4.78 is 0. The highest BCUT2D eigenvalue weighted by Crippen LogP contribution is 2.68. The van der Waals surface area contributed by atoms with Gasteiger partial charge >= 0.3 is 0 Å². The normalized spacial score (nSPS) is 25.4. The summed E-state index contributed by atoms with van der Waals surface area (Å²) >= 11 is 0. The predicted octanol–water partition coefficient (Wildman–Crippen LogP) is 13.3. The third kappa shape index (κ3) is 4.78. The molecule has 5 heteroatoms. The van der Waals surface area contributed by atoms with Gasteiger partial charge in [0.15, 0.2) is 0 Å². The van der Waals surface area contributed by atoms with Crippen LogP contribution in [0.4, 0.5) is 56.9 Å². The molecule has 4 nitrogen and oxygen atoms in total. The molecule has 2 saturated carbocycles. The van der Waals surface area contributed by atoms with E-state index in [0.717, 1.165) is 0 Å². The molecule has 0 bridgehead atoms. The average molecular weight is 819 g/mol. The molecule has 0 saturated heterocycles. The Balaban J connectivity index is 1.11. The molecule has 4 unspecified atom stereocenters. The smallest absolute Gasteiger partial charge is 0.252 e. The Morgan fingerprint density at radius 2 is 0.746 bits per heavy atom. The molecule has 0 N–H and O–H groups in total. The number of fused-ring (bicyclic) bond motifs is 12. The van der Waals surface area contributed by atoms with Gasteiger partial charge in [0.05, 0.1) is 11.1 Å². The molecule has 0 radical (unpaired) electrons. The van der Waals surface area contributed by atoms with Gasteiger partial charge in [0.1, 0.15) is 0 Å². The predicted molar refractivity (Wildman–Crippen MR) is 266 cm³/mol. The maximum absolute atomic E-state index is 2.91. The lowest BCUT2D eigenvalue weighted by Gasteiger charge is -2.54. The van der Waals surface area contributed by atoms with Gasteiger partial charge in [-0.15, -0.1) is 0 Å². The molecule has 6 aliphatic rings. The fourth-order valence-electron chi connectivity index (χ4n) is 14.0. The minimum Gasteiger partial charge on any atom is -0.335 e. The topological polar surface area (TPSA) is 13.0 Å². The summed E-state index contributed by atoms with van der Waals surface area (Å²) in [7, 11) is 0. The van der Waals surface area contributed by atoms with Crippen LogP contribution in [-0.2, 0) is 10.8 Å². The van der Waals surface area contributed by atoms with E-state index in [1.54, 1.807) is 16.6 Å². The van der Waals surface area contributed by atoms with Crippen LogP contribution in [0.15, 0.2) is 164 Å². The van der Waals surface area contributed by atoms with Crippen LogP contribution in [0.2, 0.25) is 0 Å². The maximum Gasteiger partial charge on any atom is 0.252 e. The SMILES string of the molecule is CC12CCCCC1(C)N1c3cc(N(c4ccccc4)c4ccccc4)ccc3B3c4ccc(N(c5ccccc5)c5ccccc5)cc4N4c5c(cc2c1c53)C1(C)CCCCC41C. The maximum atomic E-state index is 2.91. The van der Waals surface area contributed by atoms with E-state index in [2.05, 4.69) is 211 Å². The Hall–Kier alpha value is -6.20. The van der Waals surface area contributed by atoms with Crippen molar-refractivity contribution in [2.75, 3.05) is 19.6 Å². The first kappa shape index (κ1) is 37.4. The van der Waals surface area contributed by atoms with Crippen LogP contribution < -0.4 is 36.0 Å². The summed E-state index contributed by atoms with van der Waals surface area (Å²) in [5.41, 5.74) is 20.5. The van der Waals surface area contributed by atoms with Crippen LogP contribution in [0.25, 0.3) is 0 Å². The van der Waals surface area contributed by atoms with E-state index in [-0.39, 0.29) is 28.6 Å². The van der Waals surface area contributed by atoms with Gasteiger partial charge < -0.3 is 19.6 Å². The second-order valence-corrected chi connectivity index (χ2v) is 20.3. The van der Waals surface area contributed by atoms with E-state index in [9.17, 15) is 0 Å². The number of anilines is 10. The van der Waals surface area contributed by atoms with Gasteiger partial charge in [-0.1, -0.05) is 131 Å².